The number of pyridine rings is 1. The third-order valence-electron chi connectivity index (χ3n) is 7.58. The molecule has 3 atom stereocenters. The van der Waals surface area contributed by atoms with E-state index < -0.39 is 6.17 Å². The zero-order valence-electron chi connectivity index (χ0n) is 25.7. The first-order valence-corrected chi connectivity index (χ1v) is 14.7. The summed E-state index contributed by atoms with van der Waals surface area (Å²) in [5, 5.41) is 5.64. The number of nitrogens with one attached hydrogen (secondary N) is 2. The summed E-state index contributed by atoms with van der Waals surface area (Å²) in [5.74, 6) is 0.560. The van der Waals surface area contributed by atoms with Gasteiger partial charge < -0.3 is 30.7 Å². The molecule has 3 amide bonds. The van der Waals surface area contributed by atoms with E-state index in [1.165, 1.54) is 0 Å². The Balaban J connectivity index is 1.56. The number of hydrogen-bond acceptors (Lipinski definition) is 7. The highest BCUT2D eigenvalue weighted by atomic mass is 16.5. The van der Waals surface area contributed by atoms with E-state index in [1.54, 1.807) is 43.5 Å². The Bertz CT molecular complexity index is 1350. The summed E-state index contributed by atoms with van der Waals surface area (Å²) in [6.07, 6.45) is 1.12. The Morgan fingerprint density at radius 3 is 2.58 bits per heavy atom. The Hall–Kier alpha value is -3.99. The molecule has 10 nitrogen and oxygen atoms in total. The van der Waals surface area contributed by atoms with Crippen LogP contribution in [0.5, 0.6) is 5.75 Å². The van der Waals surface area contributed by atoms with Crippen molar-refractivity contribution in [3.8, 4) is 17.0 Å². The molecule has 0 fully saturated rings. The van der Waals surface area contributed by atoms with E-state index in [-0.39, 0.29) is 30.6 Å². The number of ether oxygens (including phenoxy) is 2. The van der Waals surface area contributed by atoms with Crippen molar-refractivity contribution in [2.45, 2.75) is 39.6 Å². The van der Waals surface area contributed by atoms with Crippen molar-refractivity contribution < 1.29 is 19.1 Å². The summed E-state index contributed by atoms with van der Waals surface area (Å²) in [4.78, 5) is 34.3. The second-order valence-electron chi connectivity index (χ2n) is 11.6. The van der Waals surface area contributed by atoms with Gasteiger partial charge in [-0.2, -0.15) is 0 Å². The minimum absolute atomic E-state index is 0.0654. The van der Waals surface area contributed by atoms with E-state index in [2.05, 4.69) is 51.7 Å². The predicted octanol–water partition coefficient (Wildman–Crippen LogP) is 4.43. The van der Waals surface area contributed by atoms with Gasteiger partial charge in [-0.05, 0) is 47.7 Å². The lowest BCUT2D eigenvalue weighted by Gasteiger charge is -2.36. The molecule has 0 saturated carbocycles. The summed E-state index contributed by atoms with van der Waals surface area (Å²) in [6.45, 7) is 8.50. The lowest BCUT2D eigenvalue weighted by molar-refractivity contribution is 0.00808. The molecule has 1 aliphatic heterocycles. The number of carbonyl (C=O) groups excluding carboxylic acids is 2. The summed E-state index contributed by atoms with van der Waals surface area (Å²) >= 11 is 0. The first kappa shape index (κ1) is 31.9. The van der Waals surface area contributed by atoms with Crippen LogP contribution in [0.4, 0.5) is 10.5 Å². The molecule has 3 aromatic rings. The SMILES string of the molecule is CO[C@H]1CN(C)C(=O)c2cc(NC(=O)NCC(C)C)ccc2OC[C@H](N)N(Cc2ccc(-c3ccccn3)cc2)C[C@@H]1C. The molecular weight excluding hydrogens is 544 g/mol. The lowest BCUT2D eigenvalue weighted by atomic mass is 10.0. The van der Waals surface area contributed by atoms with E-state index in [4.69, 9.17) is 15.2 Å². The van der Waals surface area contributed by atoms with E-state index in [0.717, 1.165) is 16.8 Å². The van der Waals surface area contributed by atoms with Gasteiger partial charge in [0.15, 0.2) is 0 Å². The Morgan fingerprint density at radius 1 is 1.14 bits per heavy atom. The van der Waals surface area contributed by atoms with Crippen LogP contribution in [0.1, 0.15) is 36.7 Å². The van der Waals surface area contributed by atoms with E-state index in [1.807, 2.05) is 32.0 Å². The fraction of sp³-hybridized carbons (Fsp3) is 0.424. The molecule has 1 aliphatic rings. The predicted molar refractivity (Wildman–Crippen MR) is 169 cm³/mol. The van der Waals surface area contributed by atoms with Gasteiger partial charge in [-0.1, -0.05) is 51.1 Å². The largest absolute Gasteiger partial charge is 0.490 e. The topological polar surface area (TPSA) is 122 Å². The van der Waals surface area contributed by atoms with Crippen LogP contribution in [0, 0.1) is 11.8 Å². The Morgan fingerprint density at radius 2 is 1.91 bits per heavy atom. The van der Waals surface area contributed by atoms with Crippen LogP contribution in [0.25, 0.3) is 11.3 Å². The third kappa shape index (κ3) is 8.76. The number of rotatable bonds is 7. The van der Waals surface area contributed by atoms with Crippen molar-refractivity contribution in [1.29, 1.82) is 0 Å². The number of aromatic nitrogens is 1. The van der Waals surface area contributed by atoms with Gasteiger partial charge in [0.05, 0.1) is 23.5 Å². The number of hydrogen-bond donors (Lipinski definition) is 3. The van der Waals surface area contributed by atoms with Crippen LogP contribution < -0.4 is 21.1 Å². The van der Waals surface area contributed by atoms with Gasteiger partial charge in [-0.15, -0.1) is 0 Å². The van der Waals surface area contributed by atoms with Gasteiger partial charge >= 0.3 is 6.03 Å². The molecule has 4 rings (SSSR count). The molecule has 230 valence electrons. The number of carbonyl (C=O) groups is 2. The second-order valence-corrected chi connectivity index (χ2v) is 11.6. The van der Waals surface area contributed by atoms with Crippen LogP contribution in [0.2, 0.25) is 0 Å². The summed E-state index contributed by atoms with van der Waals surface area (Å²) in [7, 11) is 3.42. The maximum absolute atomic E-state index is 13.6. The quantitative estimate of drug-likeness (QED) is 0.373. The molecule has 0 aliphatic carbocycles. The molecular formula is C33H44N6O4. The van der Waals surface area contributed by atoms with Crippen LogP contribution >= 0.6 is 0 Å². The van der Waals surface area contributed by atoms with Gasteiger partial charge in [0.1, 0.15) is 12.4 Å². The minimum atomic E-state index is -0.449. The molecule has 0 unspecified atom stereocenters. The van der Waals surface area contributed by atoms with Crippen molar-refractivity contribution in [3.05, 3.63) is 78.0 Å². The Kier molecular flexibility index (Phi) is 11.1. The molecule has 0 saturated heterocycles. The van der Waals surface area contributed by atoms with Crippen molar-refractivity contribution >= 4 is 17.6 Å². The Labute approximate surface area is 254 Å². The number of nitrogens with two attached hydrogens (primary N) is 1. The fourth-order valence-corrected chi connectivity index (χ4v) is 5.05. The molecule has 0 bridgehead atoms. The normalized spacial score (nSPS) is 20.0. The van der Waals surface area contributed by atoms with Crippen molar-refractivity contribution in [1.82, 2.24) is 20.1 Å². The maximum Gasteiger partial charge on any atom is 0.319 e. The first-order chi connectivity index (χ1) is 20.6. The van der Waals surface area contributed by atoms with E-state index in [9.17, 15) is 9.59 Å². The lowest BCUT2D eigenvalue weighted by Crippen LogP contribution is -2.50. The fourth-order valence-electron chi connectivity index (χ4n) is 5.05. The highest BCUT2D eigenvalue weighted by Gasteiger charge is 2.29. The molecule has 43 heavy (non-hydrogen) atoms. The second kappa shape index (κ2) is 15.0. The number of urea groups is 1. The summed E-state index contributed by atoms with van der Waals surface area (Å²) in [6, 6.07) is 19.0. The molecule has 0 radical (unpaired) electrons. The summed E-state index contributed by atoms with van der Waals surface area (Å²) in [5.41, 5.74) is 10.7. The number of likely N-dealkylation sites (N-methyl/N-ethyl adjacent to an activating group) is 1. The number of nitrogens with zero attached hydrogens (tertiary/aromatic N) is 3. The van der Waals surface area contributed by atoms with Gasteiger partial charge in [-0.3, -0.25) is 14.7 Å². The molecule has 2 aromatic carbocycles. The van der Waals surface area contributed by atoms with Crippen LogP contribution in [0.3, 0.4) is 0 Å². The molecule has 10 heteroatoms. The highest BCUT2D eigenvalue weighted by molar-refractivity contribution is 5.99. The zero-order valence-corrected chi connectivity index (χ0v) is 25.7. The van der Waals surface area contributed by atoms with Gasteiger partial charge in [0.2, 0.25) is 0 Å². The zero-order chi connectivity index (χ0) is 30.9. The number of fused-ring (bicyclic) bond motifs is 1. The number of methoxy groups -OCH3 is 1. The monoisotopic (exact) mass is 588 g/mol. The van der Waals surface area contributed by atoms with Crippen molar-refractivity contribution in [3.63, 3.8) is 0 Å². The first-order valence-electron chi connectivity index (χ1n) is 14.7. The average Bonchev–Trinajstić information content (AvgIpc) is 3.01. The van der Waals surface area contributed by atoms with E-state index >= 15 is 0 Å². The smallest absolute Gasteiger partial charge is 0.319 e. The van der Waals surface area contributed by atoms with Gasteiger partial charge in [0.25, 0.3) is 5.91 Å². The average molecular weight is 589 g/mol. The van der Waals surface area contributed by atoms with E-state index in [0.29, 0.717) is 49.1 Å². The van der Waals surface area contributed by atoms with Crippen molar-refractivity contribution in [2.75, 3.05) is 45.7 Å². The van der Waals surface area contributed by atoms with Crippen LogP contribution in [-0.2, 0) is 11.3 Å². The van der Waals surface area contributed by atoms with Crippen molar-refractivity contribution in [2.24, 2.45) is 17.6 Å². The standard InChI is InChI=1S/C33H44N6O4/c1-22(2)17-36-33(41)37-26-13-14-29-27(16-26)32(40)38(4)20-30(42-5)23(3)18-39(31(34)21-43-29)19-24-9-11-25(12-10-24)28-8-6-7-15-35-28/h6-16,22-23,30-31H,17-21,34H2,1-5H3,(H2,36,37,41)/t23-,30-,31+/m0/s1. The maximum atomic E-state index is 13.6. The molecule has 2 heterocycles. The number of amides is 3. The molecule has 4 N–H and O–H groups in total. The van der Waals surface area contributed by atoms with Crippen LogP contribution in [0.15, 0.2) is 66.9 Å². The third-order valence-corrected chi connectivity index (χ3v) is 7.58. The van der Waals surface area contributed by atoms with Gasteiger partial charge in [0, 0.05) is 57.8 Å². The molecule has 1 aromatic heterocycles. The summed E-state index contributed by atoms with van der Waals surface area (Å²) < 4.78 is 12.1. The minimum Gasteiger partial charge on any atom is -0.490 e. The number of anilines is 1. The molecule has 0 spiro atoms. The highest BCUT2D eigenvalue weighted by Crippen LogP contribution is 2.27. The van der Waals surface area contributed by atoms with Gasteiger partial charge in [-0.25, -0.2) is 4.79 Å². The number of benzene rings is 2. The van der Waals surface area contributed by atoms with Crippen LogP contribution in [-0.4, -0.2) is 79.4 Å².